The van der Waals surface area contributed by atoms with Crippen molar-refractivity contribution < 1.29 is 4.42 Å². The van der Waals surface area contributed by atoms with Crippen LogP contribution in [0.25, 0.3) is 75.5 Å². The molecule has 0 unspecified atom stereocenters. The molecule has 1 aliphatic rings. The van der Waals surface area contributed by atoms with E-state index in [0.29, 0.717) is 0 Å². The Morgan fingerprint density at radius 2 is 1.30 bits per heavy atom. The predicted molar refractivity (Wildman–Crippen MR) is 213 cm³/mol. The van der Waals surface area contributed by atoms with Crippen LogP contribution in [0.4, 0.5) is 17.1 Å². The van der Waals surface area contributed by atoms with Gasteiger partial charge in [-0.3, -0.25) is 0 Å². The summed E-state index contributed by atoms with van der Waals surface area (Å²) in [5.41, 5.74) is 8.97. The van der Waals surface area contributed by atoms with Gasteiger partial charge in [-0.15, -0.1) is 11.3 Å². The van der Waals surface area contributed by atoms with E-state index in [-0.39, 0.29) is 0 Å². The number of thiophene rings is 1. The molecule has 0 saturated carbocycles. The van der Waals surface area contributed by atoms with Gasteiger partial charge in [0.15, 0.2) is 5.58 Å². The number of nitrogens with zero attached hydrogens (tertiary/aromatic N) is 2. The summed E-state index contributed by atoms with van der Waals surface area (Å²) in [5, 5.41) is 8.60. The Bertz CT molecular complexity index is 3000. The number of hydrogen-bond acceptors (Lipinski definition) is 3. The van der Waals surface area contributed by atoms with E-state index in [4.69, 9.17) is 4.42 Å². The number of hydrogen-bond donors (Lipinski definition) is 0. The van der Waals surface area contributed by atoms with Gasteiger partial charge in [0.25, 0.3) is 0 Å². The Labute approximate surface area is 292 Å². The van der Waals surface area contributed by atoms with Crippen LogP contribution < -0.4 is 4.90 Å². The number of aryl methyl sites for hydroxylation is 1. The number of para-hydroxylation sites is 2. The number of furan rings is 1. The van der Waals surface area contributed by atoms with Crippen molar-refractivity contribution >= 4 is 98.2 Å². The van der Waals surface area contributed by atoms with Gasteiger partial charge in [-0.2, -0.15) is 0 Å². The second-order valence-electron chi connectivity index (χ2n) is 13.1. The maximum absolute atomic E-state index is 7.00. The topological polar surface area (TPSA) is 21.3 Å². The van der Waals surface area contributed by atoms with Crippen molar-refractivity contribution in [2.75, 3.05) is 4.90 Å². The lowest BCUT2D eigenvalue weighted by molar-refractivity contribution is 0.547. The van der Waals surface area contributed by atoms with Gasteiger partial charge in [-0.25, -0.2) is 0 Å². The molecule has 1 aliphatic carbocycles. The van der Waals surface area contributed by atoms with Crippen LogP contribution in [0.1, 0.15) is 17.7 Å². The minimum absolute atomic E-state index is 0.903. The second kappa shape index (κ2) is 10.7. The zero-order valence-electron chi connectivity index (χ0n) is 27.1. The highest BCUT2D eigenvalue weighted by molar-refractivity contribution is 7.26. The number of benzene rings is 7. The van der Waals surface area contributed by atoms with Crippen molar-refractivity contribution in [3.8, 4) is 5.69 Å². The molecule has 11 rings (SSSR count). The van der Waals surface area contributed by atoms with Gasteiger partial charge in [-0.1, -0.05) is 109 Å². The Balaban J connectivity index is 1.32. The summed E-state index contributed by atoms with van der Waals surface area (Å²) in [6.45, 7) is 0. The molecule has 236 valence electrons. The smallest absolute Gasteiger partial charge is 0.159 e. The molecule has 4 heteroatoms. The molecule has 0 fully saturated rings. The molecule has 0 atom stereocenters. The SMILES string of the molecule is C1=Cc2c(oc3c(N(c4cccc5c4sc4ccccc45)c4cccc5c4c4ccccc4n5-c4ccccc4)cc4ccccc4c23)CC1. The first-order chi connectivity index (χ1) is 24.8. The number of rotatable bonds is 4. The molecule has 0 saturated heterocycles. The summed E-state index contributed by atoms with van der Waals surface area (Å²) < 4.78 is 12.0. The lowest BCUT2D eigenvalue weighted by Gasteiger charge is -2.27. The van der Waals surface area contributed by atoms with Crippen LogP contribution >= 0.6 is 11.3 Å². The molecular weight excluding hydrogens is 629 g/mol. The summed E-state index contributed by atoms with van der Waals surface area (Å²) >= 11 is 1.86. The van der Waals surface area contributed by atoms with Crippen LogP contribution in [0.5, 0.6) is 0 Å². The Morgan fingerprint density at radius 3 is 2.22 bits per heavy atom. The number of aromatic nitrogens is 1. The first-order valence-corrected chi connectivity index (χ1v) is 18.1. The van der Waals surface area contributed by atoms with Gasteiger partial charge in [0.1, 0.15) is 5.76 Å². The van der Waals surface area contributed by atoms with Crippen molar-refractivity contribution in [3.63, 3.8) is 0 Å². The van der Waals surface area contributed by atoms with E-state index in [1.54, 1.807) is 0 Å². The van der Waals surface area contributed by atoms with Gasteiger partial charge < -0.3 is 13.9 Å². The maximum atomic E-state index is 7.00. The van der Waals surface area contributed by atoms with Crippen LogP contribution in [0, 0.1) is 0 Å². The maximum Gasteiger partial charge on any atom is 0.159 e. The second-order valence-corrected chi connectivity index (χ2v) is 14.2. The van der Waals surface area contributed by atoms with Gasteiger partial charge in [-0.05, 0) is 65.7 Å². The molecule has 3 heterocycles. The third-order valence-electron chi connectivity index (χ3n) is 10.4. The zero-order valence-corrected chi connectivity index (χ0v) is 28.0. The molecule has 0 aliphatic heterocycles. The fraction of sp³-hybridized carbons (Fsp3) is 0.0435. The van der Waals surface area contributed by atoms with Gasteiger partial charge in [0, 0.05) is 49.3 Å². The van der Waals surface area contributed by atoms with Crippen LogP contribution in [0.2, 0.25) is 0 Å². The molecule has 3 aromatic heterocycles. The van der Waals surface area contributed by atoms with E-state index >= 15 is 0 Å². The molecule has 0 bridgehead atoms. The first kappa shape index (κ1) is 27.8. The van der Waals surface area contributed by atoms with E-state index < -0.39 is 0 Å². The standard InChI is InChI=1S/C46H30N2OS/c1-2-15-30(16-3-1)47-36-22-9-6-19-34(36)44-37(47)23-13-24-38(44)48(39-25-12-21-33-32-18-8-11-27-42(32)50-46(33)39)40-28-29-14-4-5-17-31(29)43-35-20-7-10-26-41(35)49-45(40)43/h1-9,11-25,27-28H,10,26H2. The minimum atomic E-state index is 0.903. The monoisotopic (exact) mass is 658 g/mol. The molecule has 0 radical (unpaired) electrons. The highest BCUT2D eigenvalue weighted by Crippen LogP contribution is 2.51. The highest BCUT2D eigenvalue weighted by Gasteiger charge is 2.28. The largest absolute Gasteiger partial charge is 0.458 e. The van der Waals surface area contributed by atoms with Crippen LogP contribution in [0.15, 0.2) is 156 Å². The van der Waals surface area contributed by atoms with E-state index in [1.165, 1.54) is 63.7 Å². The molecule has 7 aromatic carbocycles. The molecule has 50 heavy (non-hydrogen) atoms. The number of allylic oxidation sites excluding steroid dienone is 1. The van der Waals surface area contributed by atoms with E-state index in [9.17, 15) is 0 Å². The van der Waals surface area contributed by atoms with Crippen molar-refractivity contribution in [1.29, 1.82) is 0 Å². The molecule has 3 nitrogen and oxygen atoms in total. The van der Waals surface area contributed by atoms with Crippen LogP contribution in [-0.4, -0.2) is 4.57 Å². The van der Waals surface area contributed by atoms with Crippen LogP contribution in [-0.2, 0) is 6.42 Å². The van der Waals surface area contributed by atoms with Gasteiger partial charge in [0.2, 0.25) is 0 Å². The number of fused-ring (bicyclic) bond motifs is 11. The Kier molecular flexibility index (Phi) is 5.95. The quantitative estimate of drug-likeness (QED) is 0.188. The van der Waals surface area contributed by atoms with E-state index in [0.717, 1.165) is 46.9 Å². The average molecular weight is 659 g/mol. The summed E-state index contributed by atoms with van der Waals surface area (Å²) in [6, 6.07) is 52.9. The van der Waals surface area contributed by atoms with Crippen molar-refractivity contribution in [2.45, 2.75) is 12.8 Å². The van der Waals surface area contributed by atoms with Crippen LogP contribution in [0.3, 0.4) is 0 Å². The summed E-state index contributed by atoms with van der Waals surface area (Å²) in [6.07, 6.45) is 6.45. The van der Waals surface area contributed by atoms with Gasteiger partial charge in [0.05, 0.1) is 32.8 Å². The van der Waals surface area contributed by atoms with Gasteiger partial charge >= 0.3 is 0 Å². The van der Waals surface area contributed by atoms with E-state index in [1.807, 2.05) is 11.3 Å². The van der Waals surface area contributed by atoms with E-state index in [2.05, 4.69) is 167 Å². The third-order valence-corrected chi connectivity index (χ3v) is 11.6. The fourth-order valence-electron chi connectivity index (χ4n) is 8.29. The summed E-state index contributed by atoms with van der Waals surface area (Å²) in [5.74, 6) is 1.07. The lowest BCUT2D eigenvalue weighted by Crippen LogP contribution is -2.11. The Morgan fingerprint density at radius 1 is 0.580 bits per heavy atom. The average Bonchev–Trinajstić information content (AvgIpc) is 3.86. The first-order valence-electron chi connectivity index (χ1n) is 17.3. The number of anilines is 3. The summed E-state index contributed by atoms with van der Waals surface area (Å²) in [7, 11) is 0. The predicted octanol–water partition coefficient (Wildman–Crippen LogP) is 13.5. The summed E-state index contributed by atoms with van der Waals surface area (Å²) in [4.78, 5) is 2.50. The normalized spacial score (nSPS) is 13.0. The fourth-order valence-corrected chi connectivity index (χ4v) is 9.49. The molecular formula is C46H30N2OS. The molecule has 0 amide bonds. The zero-order chi connectivity index (χ0) is 32.8. The highest BCUT2D eigenvalue weighted by atomic mass is 32.1. The third kappa shape index (κ3) is 3.91. The minimum Gasteiger partial charge on any atom is -0.458 e. The van der Waals surface area contributed by atoms with Crippen molar-refractivity contribution in [2.24, 2.45) is 0 Å². The molecule has 0 N–H and O–H groups in total. The Hall–Kier alpha value is -6.10. The van der Waals surface area contributed by atoms with Crippen molar-refractivity contribution in [1.82, 2.24) is 4.57 Å². The van der Waals surface area contributed by atoms with Crippen molar-refractivity contribution in [3.05, 3.63) is 163 Å². The molecule has 10 aromatic rings. The molecule has 0 spiro atoms. The lowest BCUT2D eigenvalue weighted by atomic mass is 9.97.